The summed E-state index contributed by atoms with van der Waals surface area (Å²) in [4.78, 5) is 14.2. The molecule has 2 heterocycles. The maximum absolute atomic E-state index is 12.8. The lowest BCUT2D eigenvalue weighted by molar-refractivity contribution is 0.182. The first-order valence-corrected chi connectivity index (χ1v) is 12.0. The molecule has 0 radical (unpaired) electrons. The molecule has 0 spiro atoms. The van der Waals surface area contributed by atoms with Crippen molar-refractivity contribution in [3.63, 3.8) is 0 Å². The monoisotopic (exact) mass is 442 g/mol. The van der Waals surface area contributed by atoms with Gasteiger partial charge in [-0.15, -0.1) is 0 Å². The van der Waals surface area contributed by atoms with Crippen molar-refractivity contribution in [3.8, 4) is 5.75 Å². The quantitative estimate of drug-likeness (QED) is 0.591. The molecule has 0 unspecified atom stereocenters. The Morgan fingerprint density at radius 2 is 1.71 bits per heavy atom. The van der Waals surface area contributed by atoms with E-state index in [1.807, 2.05) is 43.3 Å². The van der Waals surface area contributed by atoms with E-state index in [0.29, 0.717) is 44.7 Å². The fourth-order valence-corrected chi connectivity index (χ4v) is 5.52. The van der Waals surface area contributed by atoms with Crippen LogP contribution in [0.4, 0.5) is 0 Å². The maximum atomic E-state index is 12.8. The van der Waals surface area contributed by atoms with E-state index in [1.165, 1.54) is 12.1 Å². The second-order valence-corrected chi connectivity index (χ2v) is 9.81. The minimum atomic E-state index is -3.37. The van der Waals surface area contributed by atoms with Crippen molar-refractivity contribution in [2.45, 2.75) is 25.6 Å². The zero-order valence-corrected chi connectivity index (χ0v) is 18.3. The summed E-state index contributed by atoms with van der Waals surface area (Å²) >= 11 is 0. The van der Waals surface area contributed by atoms with Crippen molar-refractivity contribution in [3.05, 3.63) is 75.6 Å². The third-order valence-corrected chi connectivity index (χ3v) is 7.57. The molecule has 31 heavy (non-hydrogen) atoms. The molecular formula is C23H26N2O5S. The number of phenolic OH excluding ortho intramolecular Hbond substituents is 1. The number of hydrogen-bond acceptors (Lipinski definition) is 6. The predicted octanol–water partition coefficient (Wildman–Crippen LogP) is 2.71. The molecule has 1 aromatic heterocycles. The molecule has 3 aromatic rings. The number of nitrogens with zero attached hydrogens (tertiary/aromatic N) is 2. The highest BCUT2D eigenvalue weighted by molar-refractivity contribution is 7.88. The molecule has 0 saturated carbocycles. The van der Waals surface area contributed by atoms with E-state index in [9.17, 15) is 18.3 Å². The number of fused-ring (bicyclic) bond motifs is 1. The van der Waals surface area contributed by atoms with E-state index in [4.69, 9.17) is 4.42 Å². The Hall–Kier alpha value is -2.68. The van der Waals surface area contributed by atoms with Crippen LogP contribution in [0.1, 0.15) is 23.6 Å². The molecule has 0 aliphatic carbocycles. The summed E-state index contributed by atoms with van der Waals surface area (Å²) < 4.78 is 32.4. The molecule has 0 bridgehead atoms. The zero-order chi connectivity index (χ0) is 22.0. The Bertz CT molecular complexity index is 1230. The van der Waals surface area contributed by atoms with Crippen molar-refractivity contribution in [1.29, 1.82) is 0 Å². The van der Waals surface area contributed by atoms with Gasteiger partial charge in [0.1, 0.15) is 11.3 Å². The van der Waals surface area contributed by atoms with Crippen LogP contribution in [0, 0.1) is 0 Å². The fourth-order valence-electron chi connectivity index (χ4n) is 4.00. The summed E-state index contributed by atoms with van der Waals surface area (Å²) in [6, 6.07) is 14.0. The standard InChI is InChI=1S/C23H26N2O5S/c1-2-18-12-20-19(13-23(27)30-22(20)14-21(18)26)15-24-8-10-25(11-9-24)31(28,29)16-17-6-4-3-5-7-17/h3-7,12-14,26H,2,8-11,15-16H2,1H3. The van der Waals surface area contributed by atoms with Crippen LogP contribution in [0.2, 0.25) is 0 Å². The average molecular weight is 443 g/mol. The van der Waals surface area contributed by atoms with Gasteiger partial charge >= 0.3 is 5.63 Å². The predicted molar refractivity (Wildman–Crippen MR) is 119 cm³/mol. The van der Waals surface area contributed by atoms with Crippen molar-refractivity contribution in [2.75, 3.05) is 26.2 Å². The molecule has 1 aliphatic heterocycles. The number of sulfonamides is 1. The normalized spacial score (nSPS) is 16.0. The Balaban J connectivity index is 1.48. The Labute approximate surface area is 181 Å². The van der Waals surface area contributed by atoms with Crippen molar-refractivity contribution < 1.29 is 17.9 Å². The van der Waals surface area contributed by atoms with E-state index in [0.717, 1.165) is 22.1 Å². The molecule has 4 rings (SSSR count). The third kappa shape index (κ3) is 4.81. The van der Waals surface area contributed by atoms with Gasteiger partial charge in [-0.1, -0.05) is 37.3 Å². The lowest BCUT2D eigenvalue weighted by Crippen LogP contribution is -2.48. The lowest BCUT2D eigenvalue weighted by Gasteiger charge is -2.34. The smallest absolute Gasteiger partial charge is 0.336 e. The van der Waals surface area contributed by atoms with Crippen LogP contribution in [-0.4, -0.2) is 48.9 Å². The summed E-state index contributed by atoms with van der Waals surface area (Å²) in [5.74, 6) is 0.120. The van der Waals surface area contributed by atoms with Crippen LogP contribution in [0.15, 0.2) is 57.7 Å². The first-order valence-electron chi connectivity index (χ1n) is 10.4. The molecule has 1 saturated heterocycles. The largest absolute Gasteiger partial charge is 0.508 e. The molecule has 1 fully saturated rings. The lowest BCUT2D eigenvalue weighted by atomic mass is 10.0. The fraction of sp³-hybridized carbons (Fsp3) is 0.348. The van der Waals surface area contributed by atoms with Gasteiger partial charge in [-0.25, -0.2) is 13.2 Å². The van der Waals surface area contributed by atoms with Crippen LogP contribution in [-0.2, 0) is 28.7 Å². The molecule has 1 aliphatic rings. The second kappa shape index (κ2) is 8.82. The van der Waals surface area contributed by atoms with E-state index in [-0.39, 0.29) is 11.5 Å². The summed E-state index contributed by atoms with van der Waals surface area (Å²) in [5, 5.41) is 10.9. The van der Waals surface area contributed by atoms with Gasteiger partial charge in [-0.05, 0) is 29.2 Å². The van der Waals surface area contributed by atoms with Crippen molar-refractivity contribution in [1.82, 2.24) is 9.21 Å². The van der Waals surface area contributed by atoms with Crippen molar-refractivity contribution in [2.24, 2.45) is 0 Å². The molecule has 7 nitrogen and oxygen atoms in total. The van der Waals surface area contributed by atoms with E-state index in [1.54, 1.807) is 4.31 Å². The highest BCUT2D eigenvalue weighted by Gasteiger charge is 2.27. The van der Waals surface area contributed by atoms with Gasteiger partial charge in [0.2, 0.25) is 10.0 Å². The van der Waals surface area contributed by atoms with Crippen LogP contribution in [0.5, 0.6) is 5.75 Å². The van der Waals surface area contributed by atoms with E-state index >= 15 is 0 Å². The molecule has 1 N–H and O–H groups in total. The molecule has 8 heteroatoms. The highest BCUT2D eigenvalue weighted by Crippen LogP contribution is 2.28. The number of phenols is 1. The van der Waals surface area contributed by atoms with Gasteiger partial charge in [-0.3, -0.25) is 4.90 Å². The minimum Gasteiger partial charge on any atom is -0.508 e. The van der Waals surface area contributed by atoms with Crippen LogP contribution in [0.3, 0.4) is 0 Å². The number of rotatable bonds is 6. The highest BCUT2D eigenvalue weighted by atomic mass is 32.2. The molecular weight excluding hydrogens is 416 g/mol. The zero-order valence-electron chi connectivity index (χ0n) is 17.5. The average Bonchev–Trinajstić information content (AvgIpc) is 2.74. The SMILES string of the molecule is CCc1cc2c(CN3CCN(S(=O)(=O)Cc4ccccc4)CC3)cc(=O)oc2cc1O. The van der Waals surface area contributed by atoms with Gasteiger partial charge in [0.05, 0.1) is 5.75 Å². The van der Waals surface area contributed by atoms with Gasteiger partial charge in [-0.2, -0.15) is 4.31 Å². The molecule has 0 amide bonds. The minimum absolute atomic E-state index is 0.00148. The molecule has 0 atom stereocenters. The van der Waals surface area contributed by atoms with Crippen LogP contribution in [0.25, 0.3) is 11.0 Å². The van der Waals surface area contributed by atoms with Gasteiger partial charge in [0.25, 0.3) is 0 Å². The topological polar surface area (TPSA) is 91.1 Å². The van der Waals surface area contributed by atoms with Crippen LogP contribution < -0.4 is 5.63 Å². The second-order valence-electron chi connectivity index (χ2n) is 7.84. The maximum Gasteiger partial charge on any atom is 0.336 e. The number of aromatic hydroxyl groups is 1. The van der Waals surface area contributed by atoms with Crippen molar-refractivity contribution >= 4 is 21.0 Å². The van der Waals surface area contributed by atoms with Gasteiger partial charge in [0.15, 0.2) is 0 Å². The number of hydrogen-bond donors (Lipinski definition) is 1. The third-order valence-electron chi connectivity index (χ3n) is 5.72. The number of aryl methyl sites for hydroxylation is 1. The van der Waals surface area contributed by atoms with E-state index in [2.05, 4.69) is 4.90 Å². The summed E-state index contributed by atoms with van der Waals surface area (Å²) in [6.45, 7) is 4.45. The Morgan fingerprint density at radius 3 is 2.39 bits per heavy atom. The van der Waals surface area contributed by atoms with Gasteiger partial charge in [0, 0.05) is 50.2 Å². The molecule has 164 valence electrons. The first kappa shape index (κ1) is 21.5. The summed E-state index contributed by atoms with van der Waals surface area (Å²) in [6.07, 6.45) is 0.665. The summed E-state index contributed by atoms with van der Waals surface area (Å²) in [5.41, 5.74) is 2.29. The number of benzene rings is 2. The van der Waals surface area contributed by atoms with Gasteiger partial charge < -0.3 is 9.52 Å². The molecule has 2 aromatic carbocycles. The van der Waals surface area contributed by atoms with Crippen LogP contribution >= 0.6 is 0 Å². The first-order chi connectivity index (χ1) is 14.9. The Kier molecular flexibility index (Phi) is 6.13. The summed E-state index contributed by atoms with van der Waals surface area (Å²) in [7, 11) is -3.37. The van der Waals surface area contributed by atoms with E-state index < -0.39 is 15.6 Å². The Morgan fingerprint density at radius 1 is 1.00 bits per heavy atom. The number of piperazine rings is 1.